The maximum atomic E-state index is 14.2. The van der Waals surface area contributed by atoms with Gasteiger partial charge >= 0.3 is 6.18 Å². The normalized spacial score (nSPS) is 17.2. The molecule has 0 spiro atoms. The summed E-state index contributed by atoms with van der Waals surface area (Å²) in [6, 6.07) is 8.97. The highest BCUT2D eigenvalue weighted by Gasteiger charge is 2.36. The van der Waals surface area contributed by atoms with Crippen molar-refractivity contribution in [3.8, 4) is 11.5 Å². The molecule has 3 aromatic rings. The predicted molar refractivity (Wildman–Crippen MR) is 95.6 cm³/mol. The number of hydrogen-bond acceptors (Lipinski definition) is 4. The summed E-state index contributed by atoms with van der Waals surface area (Å²) in [5.41, 5.74) is 0.490. The van der Waals surface area contributed by atoms with Crippen LogP contribution in [0.25, 0.3) is 11.5 Å². The Kier molecular flexibility index (Phi) is 4.60. The number of rotatable bonds is 3. The van der Waals surface area contributed by atoms with Gasteiger partial charge < -0.3 is 9.42 Å². The third kappa shape index (κ3) is 3.72. The maximum absolute atomic E-state index is 14.2. The number of amides is 1. The molecule has 1 amide bonds. The third-order valence-electron chi connectivity index (χ3n) is 4.79. The highest BCUT2D eigenvalue weighted by molar-refractivity contribution is 5.96. The van der Waals surface area contributed by atoms with Crippen LogP contribution in [0.2, 0.25) is 0 Å². The summed E-state index contributed by atoms with van der Waals surface area (Å²) in [4.78, 5) is 17.9. The Hall–Kier alpha value is -3.23. The van der Waals surface area contributed by atoms with Crippen molar-refractivity contribution >= 4 is 11.6 Å². The van der Waals surface area contributed by atoms with Crippen molar-refractivity contribution < 1.29 is 26.9 Å². The smallest absolute Gasteiger partial charge is 0.334 e. The van der Waals surface area contributed by atoms with E-state index in [1.54, 1.807) is 19.1 Å². The van der Waals surface area contributed by atoms with E-state index in [1.807, 2.05) is 0 Å². The van der Waals surface area contributed by atoms with E-state index >= 15 is 0 Å². The molecule has 1 aliphatic heterocycles. The van der Waals surface area contributed by atoms with Gasteiger partial charge in [0.25, 0.3) is 5.89 Å². The predicted octanol–water partition coefficient (Wildman–Crippen LogP) is 4.72. The van der Waals surface area contributed by atoms with Crippen LogP contribution in [0.1, 0.15) is 29.3 Å². The standard InChI is InChI=1S/C20H15F4N3O2/c1-11-2-7-16(15(21)8-11)27-10-13(9-17(27)28)18-25-19(29-26-18)12-3-5-14(6-4-12)20(22,23)24/h2-8,13H,9-10H2,1H3. The van der Waals surface area contributed by atoms with Crippen molar-refractivity contribution in [3.05, 3.63) is 65.2 Å². The van der Waals surface area contributed by atoms with Gasteiger partial charge in [0.2, 0.25) is 5.91 Å². The molecule has 0 bridgehead atoms. The summed E-state index contributed by atoms with van der Waals surface area (Å²) >= 11 is 0. The van der Waals surface area contributed by atoms with Crippen molar-refractivity contribution in [3.63, 3.8) is 0 Å². The molecule has 0 N–H and O–H groups in total. The molecule has 1 saturated heterocycles. The van der Waals surface area contributed by atoms with Crippen LogP contribution in [0, 0.1) is 12.7 Å². The molecule has 1 aromatic heterocycles. The van der Waals surface area contributed by atoms with Gasteiger partial charge in [-0.25, -0.2) is 4.39 Å². The van der Waals surface area contributed by atoms with E-state index < -0.39 is 23.5 Å². The highest BCUT2D eigenvalue weighted by Crippen LogP contribution is 2.34. The molecule has 5 nitrogen and oxygen atoms in total. The number of carbonyl (C=O) groups is 1. The molecule has 1 atom stereocenters. The SMILES string of the molecule is Cc1ccc(N2CC(c3noc(-c4ccc(C(F)(F)F)cc4)n3)CC2=O)c(F)c1. The fourth-order valence-corrected chi connectivity index (χ4v) is 3.26. The molecule has 0 radical (unpaired) electrons. The summed E-state index contributed by atoms with van der Waals surface area (Å²) in [6.07, 6.45) is -4.35. The number of halogens is 4. The van der Waals surface area contributed by atoms with Crippen LogP contribution in [0.5, 0.6) is 0 Å². The lowest BCUT2D eigenvalue weighted by Crippen LogP contribution is -2.25. The minimum absolute atomic E-state index is 0.0566. The molecule has 150 valence electrons. The van der Waals surface area contributed by atoms with Crippen molar-refractivity contribution in [1.82, 2.24) is 10.1 Å². The summed E-state index contributed by atoms with van der Waals surface area (Å²) in [6.45, 7) is 1.94. The Morgan fingerprint density at radius 1 is 1.14 bits per heavy atom. The highest BCUT2D eigenvalue weighted by atomic mass is 19.4. The molecule has 4 rings (SSSR count). The number of aryl methyl sites for hydroxylation is 1. The second-order valence-corrected chi connectivity index (χ2v) is 6.89. The fourth-order valence-electron chi connectivity index (χ4n) is 3.26. The maximum Gasteiger partial charge on any atom is 0.416 e. The van der Waals surface area contributed by atoms with Crippen LogP contribution in [0.3, 0.4) is 0 Å². The molecule has 1 fully saturated rings. The Balaban J connectivity index is 1.53. The zero-order valence-electron chi connectivity index (χ0n) is 15.2. The number of nitrogens with zero attached hydrogens (tertiary/aromatic N) is 3. The Bertz CT molecular complexity index is 1060. The van der Waals surface area contributed by atoms with E-state index in [0.29, 0.717) is 5.56 Å². The van der Waals surface area contributed by atoms with E-state index in [2.05, 4.69) is 10.1 Å². The van der Waals surface area contributed by atoms with E-state index in [4.69, 9.17) is 4.52 Å². The van der Waals surface area contributed by atoms with Crippen molar-refractivity contribution in [2.45, 2.75) is 25.4 Å². The first kappa shape index (κ1) is 19.1. The summed E-state index contributed by atoms with van der Waals surface area (Å²) in [5, 5.41) is 3.86. The van der Waals surface area contributed by atoms with Gasteiger partial charge in [-0.2, -0.15) is 18.2 Å². The van der Waals surface area contributed by atoms with E-state index in [-0.39, 0.29) is 36.3 Å². The van der Waals surface area contributed by atoms with E-state index in [1.165, 1.54) is 23.1 Å². The van der Waals surface area contributed by atoms with Crippen LogP contribution in [-0.2, 0) is 11.0 Å². The zero-order chi connectivity index (χ0) is 20.8. The van der Waals surface area contributed by atoms with Crippen LogP contribution >= 0.6 is 0 Å². The molecule has 2 aromatic carbocycles. The largest absolute Gasteiger partial charge is 0.416 e. The lowest BCUT2D eigenvalue weighted by atomic mass is 10.1. The van der Waals surface area contributed by atoms with Gasteiger partial charge in [-0.1, -0.05) is 11.2 Å². The molecular formula is C20H15F4N3O2. The molecule has 1 unspecified atom stereocenters. The number of carbonyl (C=O) groups excluding carboxylic acids is 1. The van der Waals surface area contributed by atoms with Gasteiger partial charge in [0.15, 0.2) is 5.82 Å². The molecule has 0 saturated carbocycles. The quantitative estimate of drug-likeness (QED) is 0.592. The second-order valence-electron chi connectivity index (χ2n) is 6.89. The molecular weight excluding hydrogens is 390 g/mol. The summed E-state index contributed by atoms with van der Waals surface area (Å²) < 4.78 is 57.4. The Morgan fingerprint density at radius 3 is 2.52 bits per heavy atom. The van der Waals surface area contributed by atoms with Crippen LogP contribution < -0.4 is 4.90 Å². The van der Waals surface area contributed by atoms with Crippen molar-refractivity contribution in [1.29, 1.82) is 0 Å². The number of benzene rings is 2. The number of alkyl halides is 3. The molecule has 2 heterocycles. The first-order chi connectivity index (χ1) is 13.7. The van der Waals surface area contributed by atoms with Gasteiger partial charge in [-0.15, -0.1) is 0 Å². The number of anilines is 1. The average molecular weight is 405 g/mol. The zero-order valence-corrected chi connectivity index (χ0v) is 15.2. The van der Waals surface area contributed by atoms with Crippen LogP contribution in [0.4, 0.5) is 23.2 Å². The summed E-state index contributed by atoms with van der Waals surface area (Å²) in [5.74, 6) is -0.851. The molecule has 29 heavy (non-hydrogen) atoms. The molecule has 0 aliphatic carbocycles. The Labute approximate surface area is 162 Å². The number of aromatic nitrogens is 2. The second kappa shape index (κ2) is 6.98. The van der Waals surface area contributed by atoms with Crippen molar-refractivity contribution in [2.75, 3.05) is 11.4 Å². The first-order valence-corrected chi connectivity index (χ1v) is 8.80. The minimum atomic E-state index is -4.43. The van der Waals surface area contributed by atoms with Gasteiger partial charge in [0.05, 0.1) is 11.3 Å². The van der Waals surface area contributed by atoms with Gasteiger partial charge in [-0.05, 0) is 48.9 Å². The average Bonchev–Trinajstić information content (AvgIpc) is 3.28. The Morgan fingerprint density at radius 2 is 1.86 bits per heavy atom. The first-order valence-electron chi connectivity index (χ1n) is 8.80. The lowest BCUT2D eigenvalue weighted by Gasteiger charge is -2.17. The fraction of sp³-hybridized carbons (Fsp3) is 0.250. The molecule has 1 aliphatic rings. The number of hydrogen-bond donors (Lipinski definition) is 0. The van der Waals surface area contributed by atoms with E-state index in [9.17, 15) is 22.4 Å². The molecule has 9 heteroatoms. The lowest BCUT2D eigenvalue weighted by molar-refractivity contribution is -0.137. The minimum Gasteiger partial charge on any atom is -0.334 e. The monoisotopic (exact) mass is 405 g/mol. The van der Waals surface area contributed by atoms with Crippen LogP contribution in [0.15, 0.2) is 47.0 Å². The van der Waals surface area contributed by atoms with Gasteiger partial charge in [-0.3, -0.25) is 4.79 Å². The summed E-state index contributed by atoms with van der Waals surface area (Å²) in [7, 11) is 0. The van der Waals surface area contributed by atoms with E-state index in [0.717, 1.165) is 17.7 Å². The van der Waals surface area contributed by atoms with Crippen LogP contribution in [-0.4, -0.2) is 22.6 Å². The van der Waals surface area contributed by atoms with Gasteiger partial charge in [0.1, 0.15) is 5.82 Å². The third-order valence-corrected chi connectivity index (χ3v) is 4.79. The van der Waals surface area contributed by atoms with Crippen molar-refractivity contribution in [2.24, 2.45) is 0 Å². The van der Waals surface area contributed by atoms with Gasteiger partial charge in [0, 0.05) is 24.4 Å². The topological polar surface area (TPSA) is 59.2 Å².